The molecule has 0 bridgehead atoms. The van der Waals surface area contributed by atoms with Crippen LogP contribution in [0.5, 0.6) is 11.5 Å². The van der Waals surface area contributed by atoms with E-state index in [1.807, 2.05) is 43.3 Å². The molecule has 0 spiro atoms. The van der Waals surface area contributed by atoms with Gasteiger partial charge in [0, 0.05) is 53.4 Å². The van der Waals surface area contributed by atoms with Gasteiger partial charge in [0.1, 0.15) is 17.1 Å². The number of furan rings is 1. The number of nitrogens with zero attached hydrogens (tertiary/aromatic N) is 1. The molecule has 1 saturated heterocycles. The summed E-state index contributed by atoms with van der Waals surface area (Å²) in [6, 6.07) is 11.6. The normalized spacial score (nSPS) is 14.6. The second kappa shape index (κ2) is 11.2. The zero-order valence-corrected chi connectivity index (χ0v) is 21.1. The van der Waals surface area contributed by atoms with E-state index in [-0.39, 0.29) is 18.0 Å². The summed E-state index contributed by atoms with van der Waals surface area (Å²) in [6.07, 6.45) is 4.37. The van der Waals surface area contributed by atoms with Crippen LogP contribution in [0.2, 0.25) is 0 Å². The molecule has 36 heavy (non-hydrogen) atoms. The molecule has 4 rings (SSSR count). The Balaban J connectivity index is 1.54. The third kappa shape index (κ3) is 5.32. The number of likely N-dealkylation sites (tertiary alicyclic amines) is 1. The highest BCUT2D eigenvalue weighted by Crippen LogP contribution is 2.40. The minimum atomic E-state index is -0.299. The van der Waals surface area contributed by atoms with Gasteiger partial charge < -0.3 is 28.8 Å². The SMILES string of the molecule is CCOC(=O)N1CCC(NC(=O)/C=C(\C)c2cc3c(-c4ccccc4OC)coc3cc2OC)CC1. The highest BCUT2D eigenvalue weighted by molar-refractivity contribution is 6.01. The summed E-state index contributed by atoms with van der Waals surface area (Å²) in [5.41, 5.74) is 4.07. The molecule has 8 nitrogen and oxygen atoms in total. The number of rotatable bonds is 7. The van der Waals surface area contributed by atoms with E-state index in [1.165, 1.54) is 0 Å². The van der Waals surface area contributed by atoms with Crippen molar-refractivity contribution in [3.8, 4) is 22.6 Å². The third-order valence-electron chi connectivity index (χ3n) is 6.43. The van der Waals surface area contributed by atoms with Crippen LogP contribution in [0.15, 0.2) is 53.2 Å². The van der Waals surface area contributed by atoms with Crippen molar-refractivity contribution in [1.29, 1.82) is 0 Å². The molecule has 0 atom stereocenters. The van der Waals surface area contributed by atoms with Crippen molar-refractivity contribution < 1.29 is 28.2 Å². The molecule has 2 amide bonds. The van der Waals surface area contributed by atoms with Crippen LogP contribution in [0.1, 0.15) is 32.3 Å². The first-order chi connectivity index (χ1) is 17.4. The molecule has 190 valence electrons. The van der Waals surface area contributed by atoms with Gasteiger partial charge in [0.15, 0.2) is 0 Å². The van der Waals surface area contributed by atoms with Gasteiger partial charge in [-0.2, -0.15) is 0 Å². The molecule has 0 radical (unpaired) electrons. The summed E-state index contributed by atoms with van der Waals surface area (Å²) in [7, 11) is 3.24. The lowest BCUT2D eigenvalue weighted by molar-refractivity contribution is -0.117. The van der Waals surface area contributed by atoms with Gasteiger partial charge in [-0.05, 0) is 44.4 Å². The average molecular weight is 493 g/mol. The Hall–Kier alpha value is -3.94. The van der Waals surface area contributed by atoms with E-state index in [1.54, 1.807) is 38.4 Å². The Morgan fingerprint density at radius 2 is 1.81 bits per heavy atom. The lowest BCUT2D eigenvalue weighted by Gasteiger charge is -2.31. The Morgan fingerprint density at radius 1 is 1.08 bits per heavy atom. The summed E-state index contributed by atoms with van der Waals surface area (Å²) in [4.78, 5) is 26.4. The fourth-order valence-electron chi connectivity index (χ4n) is 4.55. The van der Waals surface area contributed by atoms with Gasteiger partial charge in [-0.3, -0.25) is 4.79 Å². The number of para-hydroxylation sites is 1. The Morgan fingerprint density at radius 3 is 2.50 bits per heavy atom. The number of hydrogen-bond donors (Lipinski definition) is 1. The highest BCUT2D eigenvalue weighted by atomic mass is 16.6. The number of amides is 2. The molecule has 0 saturated carbocycles. The topological polar surface area (TPSA) is 90.2 Å². The summed E-state index contributed by atoms with van der Waals surface area (Å²) in [5.74, 6) is 1.19. The van der Waals surface area contributed by atoms with Crippen LogP contribution in [0.25, 0.3) is 27.7 Å². The second-order valence-electron chi connectivity index (χ2n) is 8.69. The maximum Gasteiger partial charge on any atom is 0.409 e. The summed E-state index contributed by atoms with van der Waals surface area (Å²) >= 11 is 0. The van der Waals surface area contributed by atoms with E-state index in [0.717, 1.165) is 33.4 Å². The predicted molar refractivity (Wildman–Crippen MR) is 138 cm³/mol. The van der Waals surface area contributed by atoms with Gasteiger partial charge >= 0.3 is 6.09 Å². The number of methoxy groups -OCH3 is 2. The molecule has 1 fully saturated rings. The van der Waals surface area contributed by atoms with E-state index in [4.69, 9.17) is 18.6 Å². The molecule has 1 aliphatic rings. The van der Waals surface area contributed by atoms with E-state index in [9.17, 15) is 9.59 Å². The Labute approximate surface area is 210 Å². The molecule has 2 heterocycles. The smallest absolute Gasteiger partial charge is 0.409 e. The number of benzene rings is 2. The quantitative estimate of drug-likeness (QED) is 0.453. The maximum atomic E-state index is 12.8. The number of nitrogens with one attached hydrogen (secondary N) is 1. The number of carbonyl (C=O) groups is 2. The lowest BCUT2D eigenvalue weighted by Crippen LogP contribution is -2.46. The minimum absolute atomic E-state index is 0.00243. The number of fused-ring (bicyclic) bond motifs is 1. The van der Waals surface area contributed by atoms with Gasteiger partial charge in [0.25, 0.3) is 0 Å². The largest absolute Gasteiger partial charge is 0.496 e. The fourth-order valence-corrected chi connectivity index (χ4v) is 4.55. The molecule has 0 unspecified atom stereocenters. The standard InChI is InChI=1S/C28H32N2O6/c1-5-35-28(32)30-12-10-19(11-13-30)29-27(31)14-18(2)21-15-22-23(17-36-26(22)16-25(21)34-4)20-8-6-7-9-24(20)33-3/h6-9,14-17,19H,5,10-13H2,1-4H3,(H,29,31)/b18-14+. The van der Waals surface area contributed by atoms with Gasteiger partial charge in [-0.1, -0.05) is 18.2 Å². The monoisotopic (exact) mass is 492 g/mol. The summed E-state index contributed by atoms with van der Waals surface area (Å²) < 4.78 is 22.0. The van der Waals surface area contributed by atoms with Crippen molar-refractivity contribution in [2.75, 3.05) is 33.9 Å². The first-order valence-electron chi connectivity index (χ1n) is 12.1. The van der Waals surface area contributed by atoms with E-state index < -0.39 is 0 Å². The van der Waals surface area contributed by atoms with Crippen molar-refractivity contribution >= 4 is 28.5 Å². The zero-order valence-electron chi connectivity index (χ0n) is 21.1. The summed E-state index contributed by atoms with van der Waals surface area (Å²) in [5, 5.41) is 3.96. The second-order valence-corrected chi connectivity index (χ2v) is 8.69. The minimum Gasteiger partial charge on any atom is -0.496 e. The molecule has 3 aromatic rings. The van der Waals surface area contributed by atoms with Gasteiger partial charge in [-0.25, -0.2) is 4.79 Å². The van der Waals surface area contributed by atoms with Crippen molar-refractivity contribution in [2.24, 2.45) is 0 Å². The number of piperidine rings is 1. The molecule has 0 aliphatic carbocycles. The molecule has 2 aromatic carbocycles. The van der Waals surface area contributed by atoms with Crippen LogP contribution in [-0.2, 0) is 9.53 Å². The lowest BCUT2D eigenvalue weighted by atomic mass is 9.98. The van der Waals surface area contributed by atoms with Gasteiger partial charge in [0.05, 0.1) is 27.1 Å². The molecule has 1 N–H and O–H groups in total. The van der Waals surface area contributed by atoms with Gasteiger partial charge in [0.2, 0.25) is 5.91 Å². The first-order valence-corrected chi connectivity index (χ1v) is 12.1. The number of carbonyl (C=O) groups excluding carboxylic acids is 2. The summed E-state index contributed by atoms with van der Waals surface area (Å²) in [6.45, 7) is 5.15. The zero-order chi connectivity index (χ0) is 25.7. The van der Waals surface area contributed by atoms with E-state index in [2.05, 4.69) is 5.32 Å². The van der Waals surface area contributed by atoms with Crippen LogP contribution in [-0.4, -0.2) is 56.9 Å². The maximum absolute atomic E-state index is 12.8. The van der Waals surface area contributed by atoms with Gasteiger partial charge in [-0.15, -0.1) is 0 Å². The number of ether oxygens (including phenoxy) is 3. The molecule has 1 aromatic heterocycles. The third-order valence-corrected chi connectivity index (χ3v) is 6.43. The van der Waals surface area contributed by atoms with E-state index >= 15 is 0 Å². The van der Waals surface area contributed by atoms with Crippen molar-refractivity contribution in [1.82, 2.24) is 10.2 Å². The van der Waals surface area contributed by atoms with Crippen LogP contribution in [0.3, 0.4) is 0 Å². The molecular weight excluding hydrogens is 460 g/mol. The number of allylic oxidation sites excluding steroid dienone is 1. The van der Waals surface area contributed by atoms with Crippen LogP contribution in [0.4, 0.5) is 4.79 Å². The van der Waals surface area contributed by atoms with Crippen molar-refractivity contribution in [2.45, 2.75) is 32.7 Å². The number of hydrogen-bond acceptors (Lipinski definition) is 6. The highest BCUT2D eigenvalue weighted by Gasteiger charge is 2.24. The predicted octanol–water partition coefficient (Wildman–Crippen LogP) is 5.26. The average Bonchev–Trinajstić information content (AvgIpc) is 3.31. The van der Waals surface area contributed by atoms with Crippen molar-refractivity contribution in [3.05, 3.63) is 54.3 Å². The Bertz CT molecular complexity index is 1270. The van der Waals surface area contributed by atoms with Crippen LogP contribution >= 0.6 is 0 Å². The van der Waals surface area contributed by atoms with Crippen LogP contribution < -0.4 is 14.8 Å². The van der Waals surface area contributed by atoms with Crippen LogP contribution in [0, 0.1) is 0 Å². The fraction of sp³-hybridized carbons (Fsp3) is 0.357. The molecule has 1 aliphatic heterocycles. The van der Waals surface area contributed by atoms with Crippen molar-refractivity contribution in [3.63, 3.8) is 0 Å². The van der Waals surface area contributed by atoms with E-state index in [0.29, 0.717) is 43.9 Å². The molecule has 8 heteroatoms. The first kappa shape index (κ1) is 25.2. The Kier molecular flexibility index (Phi) is 7.83. The molecular formula is C28H32N2O6.